The Balaban J connectivity index is 1.36. The largest absolute Gasteiger partial charge is 0.468 e. The van der Waals surface area contributed by atoms with Crippen molar-refractivity contribution in [1.82, 2.24) is 14.7 Å². The maximum atomic E-state index is 15.4. The van der Waals surface area contributed by atoms with Gasteiger partial charge in [0, 0.05) is 30.2 Å². The van der Waals surface area contributed by atoms with Crippen molar-refractivity contribution >= 4 is 24.1 Å². The SMILES string of the molecule is COC(=O)C12[C@@H]3[C@@H]([C@H]4c5ccccc5[C@@H]3N4C(=O)OC(C)(C)C)C(C(=O)OC)([C@@H]3[C@H]1[C@H]1c4ccccc4[C@@H]3N1C(=O)OC(C)(C)C)N2Cc1ccccc1. The van der Waals surface area contributed by atoms with Gasteiger partial charge in [-0.2, -0.15) is 0 Å². The molecule has 6 aliphatic heterocycles. The van der Waals surface area contributed by atoms with E-state index in [1.54, 1.807) is 9.80 Å². The Labute approximate surface area is 315 Å². The van der Waals surface area contributed by atoms with Crippen molar-refractivity contribution in [2.75, 3.05) is 14.2 Å². The summed E-state index contributed by atoms with van der Waals surface area (Å²) in [5.74, 6) is -3.53. The van der Waals surface area contributed by atoms with Crippen molar-refractivity contribution in [3.8, 4) is 0 Å². The van der Waals surface area contributed by atoms with Crippen LogP contribution in [0.25, 0.3) is 0 Å². The lowest BCUT2D eigenvalue weighted by Crippen LogP contribution is -2.61. The lowest BCUT2D eigenvalue weighted by atomic mass is 9.49. The molecule has 0 aromatic heterocycles. The van der Waals surface area contributed by atoms with Crippen LogP contribution >= 0.6 is 0 Å². The van der Waals surface area contributed by atoms with E-state index in [1.165, 1.54) is 14.2 Å². The molecule has 54 heavy (non-hydrogen) atoms. The summed E-state index contributed by atoms with van der Waals surface area (Å²) in [6.07, 6.45) is -1.02. The maximum Gasteiger partial charge on any atom is 0.411 e. The third-order valence-electron chi connectivity index (χ3n) is 12.9. The van der Waals surface area contributed by atoms with Crippen LogP contribution in [0.15, 0.2) is 78.9 Å². The molecular weight excluding hydrogens is 686 g/mol. The topological polar surface area (TPSA) is 115 Å². The molecule has 4 saturated heterocycles. The van der Waals surface area contributed by atoms with Gasteiger partial charge in [0.15, 0.2) is 0 Å². The molecule has 282 valence electrons. The van der Waals surface area contributed by atoms with E-state index >= 15 is 9.59 Å². The number of ether oxygens (including phenoxy) is 4. The average Bonchev–Trinajstić information content (AvgIpc) is 3.93. The van der Waals surface area contributed by atoms with Gasteiger partial charge in [0.05, 0.1) is 38.4 Å². The fraction of sp³-hybridized carbons (Fsp3) is 0.488. The van der Waals surface area contributed by atoms with Crippen LogP contribution in [-0.4, -0.2) is 75.3 Å². The molecule has 11 nitrogen and oxygen atoms in total. The predicted octanol–water partition coefficient (Wildman–Crippen LogP) is 6.90. The van der Waals surface area contributed by atoms with E-state index in [2.05, 4.69) is 4.90 Å². The highest BCUT2D eigenvalue weighted by molar-refractivity contribution is 5.95. The average molecular weight is 734 g/mol. The summed E-state index contributed by atoms with van der Waals surface area (Å²) in [6.45, 7) is 11.2. The summed E-state index contributed by atoms with van der Waals surface area (Å²) in [5, 5.41) is 0. The van der Waals surface area contributed by atoms with Crippen molar-refractivity contribution < 1.29 is 38.1 Å². The second-order valence-electron chi connectivity index (χ2n) is 17.6. The van der Waals surface area contributed by atoms with Crippen LogP contribution in [-0.2, 0) is 35.1 Å². The minimum absolute atomic E-state index is 0.232. The highest BCUT2D eigenvalue weighted by Gasteiger charge is 2.94. The number of benzene rings is 3. The number of esters is 2. The molecule has 11 heteroatoms. The van der Waals surface area contributed by atoms with E-state index in [-0.39, 0.29) is 6.54 Å². The standard InChI is InChI=1S/C43H47N3O8/c1-40(2,3)53-38(49)45-32-24-18-12-13-19-25(24)33(45)29-28(32)42(36(47)51-7)30-31(43(29,37(48)52-8)44(42)22-23-16-10-9-11-17-23)35-27-21-15-14-20-26(27)34(30)46(35)39(50)54-41(4,5)6/h9-21,28-35H,22H2,1-8H3/t28-,29+,30+,31-,32+,33-,34-,35+,42?,43?. The quantitative estimate of drug-likeness (QED) is 0.209. The fourth-order valence-corrected chi connectivity index (χ4v) is 12.0. The first kappa shape index (κ1) is 34.8. The summed E-state index contributed by atoms with van der Waals surface area (Å²) in [7, 11) is 2.77. The lowest BCUT2D eigenvalue weighted by molar-refractivity contribution is -0.166. The van der Waals surface area contributed by atoms with Gasteiger partial charge in [0.25, 0.3) is 0 Å². The van der Waals surface area contributed by atoms with E-state index in [9.17, 15) is 9.59 Å². The van der Waals surface area contributed by atoms with Crippen molar-refractivity contribution in [3.63, 3.8) is 0 Å². The normalized spacial score (nSPS) is 33.6. The van der Waals surface area contributed by atoms with Gasteiger partial charge in [-0.3, -0.25) is 24.3 Å². The first-order valence-electron chi connectivity index (χ1n) is 18.8. The Morgan fingerprint density at radius 3 is 1.15 bits per heavy atom. The second kappa shape index (κ2) is 11.3. The van der Waals surface area contributed by atoms with Gasteiger partial charge in [-0.25, -0.2) is 9.59 Å². The van der Waals surface area contributed by atoms with Gasteiger partial charge < -0.3 is 18.9 Å². The van der Waals surface area contributed by atoms with E-state index in [1.807, 2.05) is 120 Å². The number of amides is 2. The minimum Gasteiger partial charge on any atom is -0.468 e. The molecule has 3 aromatic carbocycles. The molecule has 2 unspecified atom stereocenters. The first-order valence-corrected chi connectivity index (χ1v) is 18.8. The van der Waals surface area contributed by atoms with Crippen molar-refractivity contribution in [3.05, 3.63) is 107 Å². The number of rotatable bonds is 4. The van der Waals surface area contributed by atoms with Gasteiger partial charge in [-0.05, 0) is 69.4 Å². The Bertz CT molecular complexity index is 1890. The van der Waals surface area contributed by atoms with Crippen LogP contribution in [0.5, 0.6) is 0 Å². The van der Waals surface area contributed by atoms with Crippen LogP contribution in [0.3, 0.4) is 0 Å². The smallest absolute Gasteiger partial charge is 0.411 e. The van der Waals surface area contributed by atoms with Crippen LogP contribution in [0.2, 0.25) is 0 Å². The molecule has 0 N–H and O–H groups in total. The van der Waals surface area contributed by atoms with Crippen LogP contribution in [0, 0.1) is 23.7 Å². The monoisotopic (exact) mass is 733 g/mol. The number of carbonyl (C=O) groups is 4. The number of hydrogen-bond donors (Lipinski definition) is 0. The van der Waals surface area contributed by atoms with Gasteiger partial charge >= 0.3 is 24.1 Å². The summed E-state index contributed by atoms with van der Waals surface area (Å²) < 4.78 is 24.1. The van der Waals surface area contributed by atoms with Crippen LogP contribution in [0.4, 0.5) is 9.59 Å². The highest BCUT2D eigenvalue weighted by atomic mass is 16.6. The summed E-state index contributed by atoms with van der Waals surface area (Å²) in [5.41, 5.74) is -0.0644. The zero-order chi connectivity index (χ0) is 38.3. The highest BCUT2D eigenvalue weighted by Crippen LogP contribution is 2.84. The van der Waals surface area contributed by atoms with E-state index < -0.39 is 94.2 Å². The molecule has 0 spiro atoms. The molecule has 0 saturated carbocycles. The van der Waals surface area contributed by atoms with Crippen LogP contribution in [0.1, 0.15) is 93.5 Å². The lowest BCUT2D eigenvalue weighted by Gasteiger charge is -2.48. The maximum absolute atomic E-state index is 15.4. The Morgan fingerprint density at radius 2 is 0.852 bits per heavy atom. The number of carbonyl (C=O) groups excluding carboxylic acids is 4. The summed E-state index contributed by atoms with van der Waals surface area (Å²) in [6, 6.07) is 23.1. The number of nitrogens with zero attached hydrogens (tertiary/aromatic N) is 3. The molecule has 2 amide bonds. The van der Waals surface area contributed by atoms with Crippen LogP contribution < -0.4 is 0 Å². The Hall–Kier alpha value is -4.90. The molecule has 0 radical (unpaired) electrons. The van der Waals surface area contributed by atoms with Gasteiger partial charge in [0.1, 0.15) is 22.3 Å². The summed E-state index contributed by atoms with van der Waals surface area (Å²) >= 11 is 0. The predicted molar refractivity (Wildman–Crippen MR) is 195 cm³/mol. The van der Waals surface area contributed by atoms with Crippen molar-refractivity contribution in [2.24, 2.45) is 23.7 Å². The molecule has 6 heterocycles. The van der Waals surface area contributed by atoms with Crippen molar-refractivity contribution in [2.45, 2.75) is 94.5 Å². The molecule has 9 rings (SSSR count). The summed E-state index contributed by atoms with van der Waals surface area (Å²) in [4.78, 5) is 65.6. The van der Waals surface area contributed by atoms with Gasteiger partial charge in [-0.1, -0.05) is 78.9 Å². The molecule has 6 aliphatic rings. The van der Waals surface area contributed by atoms with E-state index in [4.69, 9.17) is 18.9 Å². The zero-order valence-electron chi connectivity index (χ0n) is 31.9. The molecule has 3 aromatic rings. The zero-order valence-corrected chi connectivity index (χ0v) is 31.9. The second-order valence-corrected chi connectivity index (χ2v) is 17.6. The third kappa shape index (κ3) is 4.16. The Kier molecular flexibility index (Phi) is 7.30. The molecule has 6 bridgehead atoms. The third-order valence-corrected chi connectivity index (χ3v) is 12.9. The minimum atomic E-state index is -1.51. The fourth-order valence-electron chi connectivity index (χ4n) is 12.0. The van der Waals surface area contributed by atoms with Gasteiger partial charge in [0.2, 0.25) is 0 Å². The molecule has 4 fully saturated rings. The van der Waals surface area contributed by atoms with E-state index in [0.717, 1.165) is 27.8 Å². The number of methoxy groups -OCH3 is 2. The van der Waals surface area contributed by atoms with Gasteiger partial charge in [-0.15, -0.1) is 0 Å². The molecule has 10 atom stereocenters. The van der Waals surface area contributed by atoms with E-state index in [0.29, 0.717) is 0 Å². The first-order chi connectivity index (χ1) is 25.6. The Morgan fingerprint density at radius 1 is 0.537 bits per heavy atom. The molecule has 0 aliphatic carbocycles. The van der Waals surface area contributed by atoms with Crippen molar-refractivity contribution in [1.29, 1.82) is 0 Å². The number of fused-ring (bicyclic) bond motifs is 22. The number of hydrogen-bond acceptors (Lipinski definition) is 9. The molecular formula is C43H47N3O8.